The summed E-state index contributed by atoms with van der Waals surface area (Å²) >= 11 is 3.33. The minimum atomic E-state index is -0.249. The maximum absolute atomic E-state index is 11.9. The highest BCUT2D eigenvalue weighted by Gasteiger charge is 2.05. The third-order valence-corrected chi connectivity index (χ3v) is 3.23. The maximum Gasteiger partial charge on any atom is 0.271 e. The quantitative estimate of drug-likeness (QED) is 0.515. The number of hydrazone groups is 1. The Morgan fingerprint density at radius 1 is 1.15 bits per heavy atom. The number of hydrogen-bond acceptors (Lipinski definition) is 3. The Labute approximate surface area is 125 Å². The number of halogens is 1. The number of anilines is 1. The Balaban J connectivity index is 2.08. The predicted molar refractivity (Wildman–Crippen MR) is 84.7 cm³/mol. The molecule has 102 valence electrons. The van der Waals surface area contributed by atoms with Gasteiger partial charge in [0, 0.05) is 15.7 Å². The highest BCUT2D eigenvalue weighted by molar-refractivity contribution is 9.10. The van der Waals surface area contributed by atoms with Crippen molar-refractivity contribution in [2.45, 2.75) is 6.92 Å². The second kappa shape index (κ2) is 6.34. The van der Waals surface area contributed by atoms with Gasteiger partial charge in [0.1, 0.15) is 0 Å². The molecule has 20 heavy (non-hydrogen) atoms. The van der Waals surface area contributed by atoms with Crippen LogP contribution in [0.5, 0.6) is 0 Å². The summed E-state index contributed by atoms with van der Waals surface area (Å²) in [7, 11) is 0. The summed E-state index contributed by atoms with van der Waals surface area (Å²) in [4.78, 5) is 11.9. The monoisotopic (exact) mass is 331 g/mol. The molecular weight excluding hydrogens is 318 g/mol. The van der Waals surface area contributed by atoms with Gasteiger partial charge < -0.3 is 5.73 Å². The number of amides is 1. The van der Waals surface area contributed by atoms with E-state index < -0.39 is 0 Å². The van der Waals surface area contributed by atoms with Crippen molar-refractivity contribution in [3.8, 4) is 0 Å². The van der Waals surface area contributed by atoms with E-state index in [4.69, 9.17) is 5.73 Å². The first-order valence-corrected chi connectivity index (χ1v) is 6.81. The molecule has 4 nitrogen and oxygen atoms in total. The average Bonchev–Trinajstić information content (AvgIpc) is 2.45. The normalized spacial score (nSPS) is 11.2. The first-order chi connectivity index (χ1) is 9.56. The van der Waals surface area contributed by atoms with E-state index >= 15 is 0 Å². The molecule has 0 fully saturated rings. The van der Waals surface area contributed by atoms with Crippen LogP contribution in [0.25, 0.3) is 0 Å². The van der Waals surface area contributed by atoms with E-state index in [-0.39, 0.29) is 5.91 Å². The van der Waals surface area contributed by atoms with Gasteiger partial charge >= 0.3 is 0 Å². The van der Waals surface area contributed by atoms with Crippen LogP contribution in [-0.4, -0.2) is 11.6 Å². The molecule has 5 heteroatoms. The molecular formula is C15H14BrN3O. The molecule has 0 aromatic heterocycles. The first kappa shape index (κ1) is 14.3. The van der Waals surface area contributed by atoms with E-state index in [1.807, 2.05) is 25.1 Å². The lowest BCUT2D eigenvalue weighted by Gasteiger charge is -2.04. The molecule has 0 radical (unpaired) electrons. The van der Waals surface area contributed by atoms with Gasteiger partial charge in [0.15, 0.2) is 0 Å². The smallest absolute Gasteiger partial charge is 0.271 e. The second-order valence-electron chi connectivity index (χ2n) is 4.27. The molecule has 0 aliphatic rings. The average molecular weight is 332 g/mol. The van der Waals surface area contributed by atoms with E-state index in [0.29, 0.717) is 17.0 Å². The fraction of sp³-hybridized carbons (Fsp3) is 0.0667. The van der Waals surface area contributed by atoms with Gasteiger partial charge in [-0.3, -0.25) is 4.79 Å². The largest absolute Gasteiger partial charge is 0.399 e. The van der Waals surface area contributed by atoms with E-state index in [1.54, 1.807) is 30.3 Å². The summed E-state index contributed by atoms with van der Waals surface area (Å²) in [5.41, 5.74) is 11.0. The molecule has 3 N–H and O–H groups in total. The van der Waals surface area contributed by atoms with Gasteiger partial charge in [-0.05, 0) is 42.8 Å². The van der Waals surface area contributed by atoms with Crippen LogP contribution in [0.3, 0.4) is 0 Å². The zero-order valence-electron chi connectivity index (χ0n) is 10.9. The number of rotatable bonds is 3. The topological polar surface area (TPSA) is 67.5 Å². The van der Waals surface area contributed by atoms with Crippen LogP contribution in [0.1, 0.15) is 22.8 Å². The molecule has 0 saturated carbocycles. The number of hydrogen-bond donors (Lipinski definition) is 2. The Morgan fingerprint density at radius 3 is 2.50 bits per heavy atom. The minimum Gasteiger partial charge on any atom is -0.399 e. The summed E-state index contributed by atoms with van der Waals surface area (Å²) in [6.07, 6.45) is 0. The van der Waals surface area contributed by atoms with Crippen molar-refractivity contribution in [3.63, 3.8) is 0 Å². The van der Waals surface area contributed by atoms with Crippen molar-refractivity contribution in [3.05, 3.63) is 64.1 Å². The van der Waals surface area contributed by atoms with Crippen LogP contribution in [0, 0.1) is 0 Å². The fourth-order valence-corrected chi connectivity index (χ4v) is 2.02. The molecule has 0 spiro atoms. The lowest BCUT2D eigenvalue weighted by atomic mass is 10.1. The molecule has 2 rings (SSSR count). The van der Waals surface area contributed by atoms with Gasteiger partial charge in [0.2, 0.25) is 0 Å². The molecule has 0 saturated heterocycles. The standard InChI is InChI=1S/C15H14BrN3O/c1-10(11-5-7-14(17)8-6-11)18-19-15(20)12-3-2-4-13(16)9-12/h2-9H,17H2,1H3,(H,19,20). The van der Waals surface area contributed by atoms with Crippen LogP contribution >= 0.6 is 15.9 Å². The summed E-state index contributed by atoms with van der Waals surface area (Å²) in [5, 5.41) is 4.09. The summed E-state index contributed by atoms with van der Waals surface area (Å²) < 4.78 is 0.851. The van der Waals surface area contributed by atoms with Crippen molar-refractivity contribution in [1.82, 2.24) is 5.43 Å². The number of carbonyl (C=O) groups excluding carboxylic acids is 1. The third kappa shape index (κ3) is 3.68. The summed E-state index contributed by atoms with van der Waals surface area (Å²) in [6, 6.07) is 14.4. The fourth-order valence-electron chi connectivity index (χ4n) is 1.62. The van der Waals surface area contributed by atoms with Crippen LogP contribution in [0.15, 0.2) is 58.1 Å². The molecule has 0 atom stereocenters. The molecule has 1 amide bonds. The molecule has 0 bridgehead atoms. The molecule has 0 aliphatic carbocycles. The summed E-state index contributed by atoms with van der Waals surface area (Å²) in [6.45, 7) is 1.83. The predicted octanol–water partition coefficient (Wildman–Crippen LogP) is 3.19. The van der Waals surface area contributed by atoms with Gasteiger partial charge in [0.05, 0.1) is 5.71 Å². The van der Waals surface area contributed by atoms with Crippen LogP contribution in [0.2, 0.25) is 0 Å². The van der Waals surface area contributed by atoms with Gasteiger partial charge in [-0.25, -0.2) is 5.43 Å². The molecule has 0 unspecified atom stereocenters. The second-order valence-corrected chi connectivity index (χ2v) is 5.19. The Kier molecular flexibility index (Phi) is 4.53. The van der Waals surface area contributed by atoms with E-state index in [2.05, 4.69) is 26.5 Å². The van der Waals surface area contributed by atoms with Gasteiger partial charge in [0.25, 0.3) is 5.91 Å². The van der Waals surface area contributed by atoms with Gasteiger partial charge in [-0.1, -0.05) is 34.1 Å². The number of nitrogens with two attached hydrogens (primary N) is 1. The first-order valence-electron chi connectivity index (χ1n) is 6.02. The highest BCUT2D eigenvalue weighted by atomic mass is 79.9. The van der Waals surface area contributed by atoms with Crippen molar-refractivity contribution in [1.29, 1.82) is 0 Å². The number of benzene rings is 2. The molecule has 2 aromatic rings. The lowest BCUT2D eigenvalue weighted by Crippen LogP contribution is -2.19. The third-order valence-electron chi connectivity index (χ3n) is 2.74. The number of nitrogen functional groups attached to an aromatic ring is 1. The highest BCUT2D eigenvalue weighted by Crippen LogP contribution is 2.11. The van der Waals surface area contributed by atoms with Crippen LogP contribution in [-0.2, 0) is 0 Å². The van der Waals surface area contributed by atoms with E-state index in [9.17, 15) is 4.79 Å². The Bertz CT molecular complexity index is 650. The lowest BCUT2D eigenvalue weighted by molar-refractivity contribution is 0.0955. The number of nitrogens with zero attached hydrogens (tertiary/aromatic N) is 1. The van der Waals surface area contributed by atoms with Crippen molar-refractivity contribution in [2.24, 2.45) is 5.10 Å². The molecule has 0 aliphatic heterocycles. The Morgan fingerprint density at radius 2 is 1.85 bits per heavy atom. The van der Waals surface area contributed by atoms with Crippen molar-refractivity contribution >= 4 is 33.2 Å². The summed E-state index contributed by atoms with van der Waals surface area (Å²) in [5.74, 6) is -0.249. The maximum atomic E-state index is 11.9. The van der Waals surface area contributed by atoms with Crippen LogP contribution in [0.4, 0.5) is 5.69 Å². The molecule has 2 aromatic carbocycles. The number of nitrogens with one attached hydrogen (secondary N) is 1. The van der Waals surface area contributed by atoms with Gasteiger partial charge in [-0.15, -0.1) is 0 Å². The Hall–Kier alpha value is -2.14. The number of carbonyl (C=O) groups is 1. The van der Waals surface area contributed by atoms with E-state index in [0.717, 1.165) is 10.0 Å². The zero-order chi connectivity index (χ0) is 14.5. The zero-order valence-corrected chi connectivity index (χ0v) is 12.5. The minimum absolute atomic E-state index is 0.249. The van der Waals surface area contributed by atoms with Crippen molar-refractivity contribution in [2.75, 3.05) is 5.73 Å². The molecule has 0 heterocycles. The SMILES string of the molecule is CC(=NNC(=O)c1cccc(Br)c1)c1ccc(N)cc1. The van der Waals surface area contributed by atoms with Gasteiger partial charge in [-0.2, -0.15) is 5.10 Å². The van der Waals surface area contributed by atoms with Crippen LogP contribution < -0.4 is 11.2 Å². The van der Waals surface area contributed by atoms with Crippen molar-refractivity contribution < 1.29 is 4.79 Å². The van der Waals surface area contributed by atoms with E-state index in [1.165, 1.54) is 0 Å².